The Morgan fingerprint density at radius 1 is 1.30 bits per heavy atom. The highest BCUT2D eigenvalue weighted by atomic mass is 19.1. The molecule has 5 nitrogen and oxygen atoms in total. The number of aryl methyl sites for hydroxylation is 2. The number of nitrogens with one attached hydrogen (secondary N) is 1. The fourth-order valence-electron chi connectivity index (χ4n) is 1.79. The number of nitrogens with zero attached hydrogens (tertiary/aromatic N) is 2. The van der Waals surface area contributed by atoms with E-state index >= 15 is 0 Å². The van der Waals surface area contributed by atoms with E-state index in [-0.39, 0.29) is 18.1 Å². The molecule has 0 saturated heterocycles. The van der Waals surface area contributed by atoms with Crippen molar-refractivity contribution in [2.75, 3.05) is 6.54 Å². The lowest BCUT2D eigenvalue weighted by atomic mass is 10.1. The van der Waals surface area contributed by atoms with Crippen molar-refractivity contribution in [1.82, 2.24) is 15.5 Å². The van der Waals surface area contributed by atoms with Gasteiger partial charge in [0.05, 0.1) is 0 Å². The smallest absolute Gasteiger partial charge is 0.220 e. The third-order valence-electron chi connectivity index (χ3n) is 2.81. The maximum atomic E-state index is 13.3. The summed E-state index contributed by atoms with van der Waals surface area (Å²) in [6, 6.07) is 6.54. The van der Waals surface area contributed by atoms with Crippen molar-refractivity contribution in [3.8, 4) is 0 Å². The number of carbonyl (C=O) groups is 1. The second kappa shape index (κ2) is 6.79. The highest BCUT2D eigenvalue weighted by molar-refractivity contribution is 5.75. The average Bonchev–Trinajstić information content (AvgIpc) is 2.84. The quantitative estimate of drug-likeness (QED) is 0.874. The summed E-state index contributed by atoms with van der Waals surface area (Å²) < 4.78 is 18.5. The number of carbonyl (C=O) groups excluding carboxylic acids is 1. The maximum Gasteiger partial charge on any atom is 0.220 e. The van der Waals surface area contributed by atoms with Crippen molar-refractivity contribution in [1.29, 1.82) is 0 Å². The van der Waals surface area contributed by atoms with Gasteiger partial charge in [0.2, 0.25) is 17.7 Å². The number of halogens is 1. The van der Waals surface area contributed by atoms with Gasteiger partial charge in [-0.15, -0.1) is 10.2 Å². The summed E-state index contributed by atoms with van der Waals surface area (Å²) >= 11 is 0. The molecule has 0 aliphatic carbocycles. The van der Waals surface area contributed by atoms with Crippen molar-refractivity contribution >= 4 is 5.91 Å². The van der Waals surface area contributed by atoms with E-state index in [4.69, 9.17) is 4.42 Å². The van der Waals surface area contributed by atoms with Crippen LogP contribution in [0, 0.1) is 12.7 Å². The van der Waals surface area contributed by atoms with Crippen LogP contribution in [0.4, 0.5) is 4.39 Å². The van der Waals surface area contributed by atoms with Gasteiger partial charge in [-0.1, -0.05) is 18.2 Å². The van der Waals surface area contributed by atoms with E-state index in [0.29, 0.717) is 36.7 Å². The molecule has 20 heavy (non-hydrogen) atoms. The SMILES string of the molecule is Cc1nnc(CCC(=O)NCCc2ccccc2F)o1. The topological polar surface area (TPSA) is 68.0 Å². The number of benzene rings is 1. The molecule has 1 aromatic carbocycles. The third-order valence-corrected chi connectivity index (χ3v) is 2.81. The molecule has 6 heteroatoms. The molecule has 0 atom stereocenters. The molecule has 2 aromatic rings. The minimum atomic E-state index is -0.247. The van der Waals surface area contributed by atoms with E-state index in [1.54, 1.807) is 25.1 Å². The molecule has 0 aliphatic heterocycles. The lowest BCUT2D eigenvalue weighted by Gasteiger charge is -2.05. The fraction of sp³-hybridized carbons (Fsp3) is 0.357. The Hall–Kier alpha value is -2.24. The zero-order chi connectivity index (χ0) is 14.4. The molecule has 106 valence electrons. The van der Waals surface area contributed by atoms with Crippen LogP contribution in [-0.4, -0.2) is 22.6 Å². The van der Waals surface area contributed by atoms with E-state index in [2.05, 4.69) is 15.5 Å². The van der Waals surface area contributed by atoms with Gasteiger partial charge < -0.3 is 9.73 Å². The van der Waals surface area contributed by atoms with Gasteiger partial charge in [-0.3, -0.25) is 4.79 Å². The summed E-state index contributed by atoms with van der Waals surface area (Å²) in [5, 5.41) is 10.2. The fourth-order valence-corrected chi connectivity index (χ4v) is 1.79. The lowest BCUT2D eigenvalue weighted by Crippen LogP contribution is -2.26. The van der Waals surface area contributed by atoms with E-state index in [0.717, 1.165) is 0 Å². The van der Waals surface area contributed by atoms with Gasteiger partial charge in [0.1, 0.15) is 5.82 Å². The van der Waals surface area contributed by atoms with E-state index in [1.807, 2.05) is 0 Å². The van der Waals surface area contributed by atoms with Crippen molar-refractivity contribution in [3.63, 3.8) is 0 Å². The standard InChI is InChI=1S/C14H16FN3O2/c1-10-17-18-14(20-10)7-6-13(19)16-9-8-11-4-2-3-5-12(11)15/h2-5H,6-9H2,1H3,(H,16,19). The van der Waals surface area contributed by atoms with Crippen LogP contribution < -0.4 is 5.32 Å². The molecule has 1 amide bonds. The van der Waals surface area contributed by atoms with Gasteiger partial charge in [-0.2, -0.15) is 0 Å². The zero-order valence-corrected chi connectivity index (χ0v) is 11.2. The summed E-state index contributed by atoms with van der Waals surface area (Å²) in [5.41, 5.74) is 0.598. The largest absolute Gasteiger partial charge is 0.426 e. The summed E-state index contributed by atoms with van der Waals surface area (Å²) in [7, 11) is 0. The monoisotopic (exact) mass is 277 g/mol. The molecule has 1 heterocycles. The van der Waals surface area contributed by atoms with E-state index in [1.165, 1.54) is 6.07 Å². The van der Waals surface area contributed by atoms with Crippen LogP contribution in [0.5, 0.6) is 0 Å². The highest BCUT2D eigenvalue weighted by Crippen LogP contribution is 2.06. The van der Waals surface area contributed by atoms with Crippen LogP contribution >= 0.6 is 0 Å². The molecule has 0 bridgehead atoms. The molecule has 0 spiro atoms. The first-order valence-corrected chi connectivity index (χ1v) is 6.44. The zero-order valence-electron chi connectivity index (χ0n) is 11.2. The van der Waals surface area contributed by atoms with Crippen LogP contribution in [0.1, 0.15) is 23.8 Å². The second-order valence-electron chi connectivity index (χ2n) is 4.41. The Morgan fingerprint density at radius 3 is 2.80 bits per heavy atom. The molecular weight excluding hydrogens is 261 g/mol. The molecule has 0 unspecified atom stereocenters. The summed E-state index contributed by atoms with van der Waals surface area (Å²) in [6.45, 7) is 2.10. The van der Waals surface area contributed by atoms with E-state index < -0.39 is 0 Å². The van der Waals surface area contributed by atoms with Gasteiger partial charge in [0.25, 0.3) is 0 Å². The predicted molar refractivity (Wildman–Crippen MR) is 70.5 cm³/mol. The van der Waals surface area contributed by atoms with Crippen LogP contribution in [0.15, 0.2) is 28.7 Å². The van der Waals surface area contributed by atoms with Crippen LogP contribution in [-0.2, 0) is 17.6 Å². The average molecular weight is 277 g/mol. The molecule has 1 aromatic heterocycles. The van der Waals surface area contributed by atoms with Crippen molar-refractivity contribution < 1.29 is 13.6 Å². The van der Waals surface area contributed by atoms with Crippen LogP contribution in [0.2, 0.25) is 0 Å². The minimum Gasteiger partial charge on any atom is -0.426 e. The second-order valence-corrected chi connectivity index (χ2v) is 4.41. The molecular formula is C14H16FN3O2. The highest BCUT2D eigenvalue weighted by Gasteiger charge is 2.07. The van der Waals surface area contributed by atoms with Crippen molar-refractivity contribution in [2.45, 2.75) is 26.2 Å². The molecule has 0 aliphatic rings. The number of amides is 1. The number of hydrogen-bond donors (Lipinski definition) is 1. The Labute approximate surface area is 116 Å². The van der Waals surface area contributed by atoms with E-state index in [9.17, 15) is 9.18 Å². The van der Waals surface area contributed by atoms with Crippen molar-refractivity contribution in [3.05, 3.63) is 47.4 Å². The summed E-state index contributed by atoms with van der Waals surface area (Å²) in [6.07, 6.45) is 1.16. The van der Waals surface area contributed by atoms with Crippen molar-refractivity contribution in [2.24, 2.45) is 0 Å². The number of rotatable bonds is 6. The van der Waals surface area contributed by atoms with Crippen LogP contribution in [0.25, 0.3) is 0 Å². The summed E-state index contributed by atoms with van der Waals surface area (Å²) in [5.74, 6) is 0.576. The minimum absolute atomic E-state index is 0.114. The molecule has 0 saturated carbocycles. The number of aromatic nitrogens is 2. The van der Waals surface area contributed by atoms with Gasteiger partial charge in [0, 0.05) is 26.3 Å². The molecule has 0 fully saturated rings. The Bertz CT molecular complexity index is 583. The summed E-state index contributed by atoms with van der Waals surface area (Å²) in [4.78, 5) is 11.6. The lowest BCUT2D eigenvalue weighted by molar-refractivity contribution is -0.121. The van der Waals surface area contributed by atoms with Gasteiger partial charge >= 0.3 is 0 Å². The predicted octanol–water partition coefficient (Wildman–Crippen LogP) is 1.81. The van der Waals surface area contributed by atoms with Gasteiger partial charge in [-0.25, -0.2) is 4.39 Å². The van der Waals surface area contributed by atoms with Crippen LogP contribution in [0.3, 0.4) is 0 Å². The Morgan fingerprint density at radius 2 is 2.10 bits per heavy atom. The van der Waals surface area contributed by atoms with Gasteiger partial charge in [0.15, 0.2) is 0 Å². The first kappa shape index (κ1) is 14.2. The van der Waals surface area contributed by atoms with Gasteiger partial charge in [-0.05, 0) is 18.1 Å². The first-order chi connectivity index (χ1) is 9.65. The maximum absolute atomic E-state index is 13.3. The number of hydrogen-bond acceptors (Lipinski definition) is 4. The Kier molecular flexibility index (Phi) is 4.81. The molecule has 1 N–H and O–H groups in total. The third kappa shape index (κ3) is 4.15. The normalized spacial score (nSPS) is 10.5. The molecule has 0 radical (unpaired) electrons. The first-order valence-electron chi connectivity index (χ1n) is 6.44. The Balaban J connectivity index is 1.69. The molecule has 2 rings (SSSR count).